The first-order valence-electron chi connectivity index (χ1n) is 6.22. The van der Waals surface area contributed by atoms with Gasteiger partial charge in [0.2, 0.25) is 0 Å². The van der Waals surface area contributed by atoms with E-state index >= 15 is 0 Å². The third-order valence-corrected chi connectivity index (χ3v) is 2.97. The smallest absolute Gasteiger partial charge is 0.271 e. The van der Waals surface area contributed by atoms with Gasteiger partial charge in [-0.1, -0.05) is 6.07 Å². The SMILES string of the molecule is Cc1ccc([N+](=O)[O-])cc1NC(=O)c1ccnc(CN)c1. The number of pyridine rings is 1. The lowest BCUT2D eigenvalue weighted by atomic mass is 10.1. The van der Waals surface area contributed by atoms with Gasteiger partial charge < -0.3 is 11.1 Å². The van der Waals surface area contributed by atoms with E-state index in [9.17, 15) is 14.9 Å². The van der Waals surface area contributed by atoms with Crippen molar-refractivity contribution in [2.75, 3.05) is 5.32 Å². The van der Waals surface area contributed by atoms with Crippen molar-refractivity contribution in [3.8, 4) is 0 Å². The number of hydrogen-bond acceptors (Lipinski definition) is 5. The van der Waals surface area contributed by atoms with Gasteiger partial charge in [-0.2, -0.15) is 0 Å². The molecule has 0 bridgehead atoms. The average molecular weight is 286 g/mol. The van der Waals surface area contributed by atoms with Gasteiger partial charge in [0.15, 0.2) is 0 Å². The Morgan fingerprint density at radius 2 is 2.14 bits per heavy atom. The van der Waals surface area contributed by atoms with Crippen LogP contribution in [0.1, 0.15) is 21.6 Å². The predicted octanol–water partition coefficient (Wildman–Crippen LogP) is 2.01. The van der Waals surface area contributed by atoms with Crippen LogP contribution in [0, 0.1) is 17.0 Å². The van der Waals surface area contributed by atoms with Crippen LogP contribution >= 0.6 is 0 Å². The summed E-state index contributed by atoms with van der Waals surface area (Å²) in [5.41, 5.74) is 7.54. The second kappa shape index (κ2) is 6.10. The lowest BCUT2D eigenvalue weighted by Gasteiger charge is -2.08. The van der Waals surface area contributed by atoms with Gasteiger partial charge in [0.1, 0.15) is 0 Å². The molecular formula is C14H14N4O3. The third kappa shape index (κ3) is 3.40. The van der Waals surface area contributed by atoms with Crippen molar-refractivity contribution >= 4 is 17.3 Å². The maximum absolute atomic E-state index is 12.2. The highest BCUT2D eigenvalue weighted by atomic mass is 16.6. The van der Waals surface area contributed by atoms with E-state index in [1.165, 1.54) is 18.3 Å². The van der Waals surface area contributed by atoms with Crippen molar-refractivity contribution < 1.29 is 9.72 Å². The van der Waals surface area contributed by atoms with Gasteiger partial charge in [0.05, 0.1) is 16.3 Å². The van der Waals surface area contributed by atoms with Crippen molar-refractivity contribution in [2.45, 2.75) is 13.5 Å². The minimum absolute atomic E-state index is 0.0757. The fourth-order valence-electron chi connectivity index (χ4n) is 1.78. The van der Waals surface area contributed by atoms with Gasteiger partial charge in [-0.3, -0.25) is 19.9 Å². The Balaban J connectivity index is 2.26. The van der Waals surface area contributed by atoms with Crippen LogP contribution in [0.3, 0.4) is 0 Å². The average Bonchev–Trinajstić information content (AvgIpc) is 2.49. The number of nitro benzene ring substituents is 1. The molecule has 21 heavy (non-hydrogen) atoms. The molecule has 0 unspecified atom stereocenters. The zero-order valence-electron chi connectivity index (χ0n) is 11.4. The number of hydrogen-bond donors (Lipinski definition) is 2. The van der Waals surface area contributed by atoms with Gasteiger partial charge in [-0.05, 0) is 24.6 Å². The Hall–Kier alpha value is -2.80. The Bertz CT molecular complexity index is 700. The minimum Gasteiger partial charge on any atom is -0.325 e. The molecule has 7 nitrogen and oxygen atoms in total. The molecular weight excluding hydrogens is 272 g/mol. The van der Waals surface area contributed by atoms with E-state index in [0.717, 1.165) is 5.56 Å². The van der Waals surface area contributed by atoms with Crippen LogP contribution in [0.15, 0.2) is 36.5 Å². The summed E-state index contributed by atoms with van der Waals surface area (Å²) in [5, 5.41) is 13.4. The van der Waals surface area contributed by atoms with E-state index in [2.05, 4.69) is 10.3 Å². The first-order valence-corrected chi connectivity index (χ1v) is 6.22. The van der Waals surface area contributed by atoms with E-state index < -0.39 is 4.92 Å². The van der Waals surface area contributed by atoms with E-state index in [0.29, 0.717) is 16.9 Å². The number of anilines is 1. The summed E-state index contributed by atoms with van der Waals surface area (Å²) in [5.74, 6) is -0.365. The first kappa shape index (κ1) is 14.6. The second-order valence-corrected chi connectivity index (χ2v) is 4.45. The van der Waals surface area contributed by atoms with E-state index in [1.54, 1.807) is 25.1 Å². The van der Waals surface area contributed by atoms with Gasteiger partial charge in [0, 0.05) is 30.4 Å². The standard InChI is InChI=1S/C14H14N4O3/c1-9-2-3-12(18(20)21)7-13(9)17-14(19)10-4-5-16-11(6-10)8-15/h2-7H,8,15H2,1H3,(H,17,19). The molecule has 0 aliphatic rings. The topological polar surface area (TPSA) is 111 Å². The Morgan fingerprint density at radius 1 is 1.38 bits per heavy atom. The molecule has 7 heteroatoms. The van der Waals surface area contributed by atoms with Crippen molar-refractivity contribution in [3.63, 3.8) is 0 Å². The Morgan fingerprint density at radius 3 is 2.81 bits per heavy atom. The largest absolute Gasteiger partial charge is 0.325 e. The Kier molecular flexibility index (Phi) is 4.24. The monoisotopic (exact) mass is 286 g/mol. The number of amides is 1. The molecule has 1 aromatic carbocycles. The van der Waals surface area contributed by atoms with E-state index in [-0.39, 0.29) is 18.1 Å². The highest BCUT2D eigenvalue weighted by Crippen LogP contribution is 2.22. The number of non-ortho nitro benzene ring substituents is 1. The quantitative estimate of drug-likeness (QED) is 0.659. The summed E-state index contributed by atoms with van der Waals surface area (Å²) in [7, 11) is 0. The molecule has 2 aromatic rings. The summed E-state index contributed by atoms with van der Waals surface area (Å²) >= 11 is 0. The fraction of sp³-hybridized carbons (Fsp3) is 0.143. The summed E-state index contributed by atoms with van der Waals surface area (Å²) in [6.07, 6.45) is 1.50. The normalized spacial score (nSPS) is 10.2. The number of rotatable bonds is 4. The Labute approximate surface area is 121 Å². The van der Waals surface area contributed by atoms with Crippen molar-refractivity contribution in [1.29, 1.82) is 0 Å². The molecule has 3 N–H and O–H groups in total. The van der Waals surface area contributed by atoms with Crippen LogP contribution < -0.4 is 11.1 Å². The predicted molar refractivity (Wildman–Crippen MR) is 77.9 cm³/mol. The number of carbonyl (C=O) groups is 1. The van der Waals surface area contributed by atoms with E-state index in [4.69, 9.17) is 5.73 Å². The van der Waals surface area contributed by atoms with Crippen LogP contribution in [-0.4, -0.2) is 15.8 Å². The molecule has 0 saturated carbocycles. The summed E-state index contributed by atoms with van der Waals surface area (Å²) < 4.78 is 0. The second-order valence-electron chi connectivity index (χ2n) is 4.45. The molecule has 108 valence electrons. The zero-order chi connectivity index (χ0) is 15.4. The summed E-state index contributed by atoms with van der Waals surface area (Å²) in [4.78, 5) is 26.4. The van der Waals surface area contributed by atoms with Gasteiger partial charge >= 0.3 is 0 Å². The van der Waals surface area contributed by atoms with Gasteiger partial charge in [-0.15, -0.1) is 0 Å². The number of carbonyl (C=O) groups excluding carboxylic acids is 1. The van der Waals surface area contributed by atoms with Gasteiger partial charge in [0.25, 0.3) is 11.6 Å². The molecule has 0 aliphatic carbocycles. The molecule has 0 radical (unpaired) electrons. The third-order valence-electron chi connectivity index (χ3n) is 2.97. The molecule has 0 aliphatic heterocycles. The fourth-order valence-corrected chi connectivity index (χ4v) is 1.78. The number of nitrogens with two attached hydrogens (primary N) is 1. The number of aryl methyl sites for hydroxylation is 1. The molecule has 1 amide bonds. The van der Waals surface area contributed by atoms with Crippen LogP contribution in [-0.2, 0) is 6.54 Å². The number of nitrogens with zero attached hydrogens (tertiary/aromatic N) is 2. The number of nitrogens with one attached hydrogen (secondary N) is 1. The summed E-state index contributed by atoms with van der Waals surface area (Å²) in [6.45, 7) is 1.99. The van der Waals surface area contributed by atoms with Crippen LogP contribution in [0.5, 0.6) is 0 Å². The molecule has 0 fully saturated rings. The van der Waals surface area contributed by atoms with E-state index in [1.807, 2.05) is 0 Å². The highest BCUT2D eigenvalue weighted by molar-refractivity contribution is 6.04. The van der Waals surface area contributed by atoms with Crippen LogP contribution in [0.2, 0.25) is 0 Å². The van der Waals surface area contributed by atoms with Crippen molar-refractivity contribution in [2.24, 2.45) is 5.73 Å². The zero-order valence-corrected chi connectivity index (χ0v) is 11.4. The maximum Gasteiger partial charge on any atom is 0.271 e. The molecule has 1 heterocycles. The van der Waals surface area contributed by atoms with Gasteiger partial charge in [-0.25, -0.2) is 0 Å². The number of nitro groups is 1. The lowest BCUT2D eigenvalue weighted by molar-refractivity contribution is -0.384. The first-order chi connectivity index (χ1) is 10.0. The van der Waals surface area contributed by atoms with Crippen molar-refractivity contribution in [1.82, 2.24) is 4.98 Å². The molecule has 0 spiro atoms. The molecule has 0 atom stereocenters. The molecule has 0 saturated heterocycles. The molecule has 2 rings (SSSR count). The van der Waals surface area contributed by atoms with Crippen molar-refractivity contribution in [3.05, 3.63) is 63.5 Å². The van der Waals surface area contributed by atoms with Crippen LogP contribution in [0.4, 0.5) is 11.4 Å². The molecule has 1 aromatic heterocycles. The number of benzene rings is 1. The maximum atomic E-state index is 12.2. The highest BCUT2D eigenvalue weighted by Gasteiger charge is 2.12. The number of aromatic nitrogens is 1. The summed E-state index contributed by atoms with van der Waals surface area (Å²) in [6, 6.07) is 7.46. The van der Waals surface area contributed by atoms with Crippen LogP contribution in [0.25, 0.3) is 0 Å². The minimum atomic E-state index is -0.506. The lowest BCUT2D eigenvalue weighted by Crippen LogP contribution is -2.14.